The lowest BCUT2D eigenvalue weighted by Crippen LogP contribution is -2.22. The summed E-state index contributed by atoms with van der Waals surface area (Å²) in [4.78, 5) is 12.2. The molecule has 98 valence electrons. The first kappa shape index (κ1) is 13.8. The maximum absolute atomic E-state index is 12.2. The quantitative estimate of drug-likeness (QED) is 0.842. The number of thioether (sulfide) groups is 1. The number of methoxy groups -OCH3 is 1. The van der Waals surface area contributed by atoms with Crippen LogP contribution in [0.3, 0.4) is 0 Å². The Morgan fingerprint density at radius 1 is 1.50 bits per heavy atom. The van der Waals surface area contributed by atoms with Gasteiger partial charge in [-0.15, -0.1) is 0 Å². The summed E-state index contributed by atoms with van der Waals surface area (Å²) >= 11 is 7.76. The Balaban J connectivity index is 2.07. The van der Waals surface area contributed by atoms with Crippen LogP contribution >= 0.6 is 23.4 Å². The van der Waals surface area contributed by atoms with Crippen LogP contribution in [0.1, 0.15) is 24.8 Å². The van der Waals surface area contributed by atoms with Gasteiger partial charge in [0.15, 0.2) is 0 Å². The number of Topliss-reactive ketones (excluding diaryl/α,β-unsaturated/α-hetero) is 1. The first-order chi connectivity index (χ1) is 8.70. The molecule has 2 rings (SSSR count). The Kier molecular flexibility index (Phi) is 4.95. The second-order valence-electron chi connectivity index (χ2n) is 4.45. The average molecular weight is 285 g/mol. The Bertz CT molecular complexity index is 428. The van der Waals surface area contributed by atoms with Crippen molar-refractivity contribution < 1.29 is 9.53 Å². The van der Waals surface area contributed by atoms with E-state index in [1.54, 1.807) is 24.9 Å². The molecule has 0 bridgehead atoms. The smallest absolute Gasteiger partial charge is 0.150 e. The number of ketones is 1. The van der Waals surface area contributed by atoms with Crippen molar-refractivity contribution in [2.24, 2.45) is 0 Å². The molecule has 0 aromatic heterocycles. The fraction of sp³-hybridized carbons (Fsp3) is 0.500. The van der Waals surface area contributed by atoms with E-state index in [9.17, 15) is 4.79 Å². The molecule has 0 amide bonds. The molecule has 1 aromatic rings. The first-order valence-corrected chi connectivity index (χ1v) is 7.60. The number of rotatable bonds is 4. The molecule has 1 heterocycles. The van der Waals surface area contributed by atoms with Crippen molar-refractivity contribution in [2.45, 2.75) is 30.9 Å². The van der Waals surface area contributed by atoms with Gasteiger partial charge in [-0.25, -0.2) is 0 Å². The van der Waals surface area contributed by atoms with E-state index in [0.29, 0.717) is 17.2 Å². The van der Waals surface area contributed by atoms with Gasteiger partial charge in [-0.3, -0.25) is 4.79 Å². The molecule has 18 heavy (non-hydrogen) atoms. The number of carbonyl (C=O) groups excluding carboxylic acids is 1. The number of ether oxygens (including phenoxy) is 1. The number of hydrogen-bond acceptors (Lipinski definition) is 3. The molecule has 0 saturated carbocycles. The van der Waals surface area contributed by atoms with Gasteiger partial charge in [0.2, 0.25) is 0 Å². The molecule has 0 spiro atoms. The Hall–Kier alpha value is -0.670. The highest BCUT2D eigenvalue weighted by atomic mass is 35.5. The Morgan fingerprint density at radius 2 is 2.33 bits per heavy atom. The van der Waals surface area contributed by atoms with Gasteiger partial charge < -0.3 is 4.74 Å². The summed E-state index contributed by atoms with van der Waals surface area (Å²) in [5.74, 6) is 2.14. The van der Waals surface area contributed by atoms with Crippen molar-refractivity contribution in [3.8, 4) is 5.75 Å². The lowest BCUT2D eigenvalue weighted by molar-refractivity contribution is -0.118. The van der Waals surface area contributed by atoms with E-state index in [1.807, 2.05) is 12.1 Å². The van der Waals surface area contributed by atoms with Crippen molar-refractivity contribution in [1.29, 1.82) is 0 Å². The molecule has 1 unspecified atom stereocenters. The molecule has 1 aliphatic heterocycles. The maximum atomic E-state index is 12.2. The van der Waals surface area contributed by atoms with E-state index >= 15 is 0 Å². The van der Waals surface area contributed by atoms with E-state index in [0.717, 1.165) is 29.9 Å². The molecule has 1 atom stereocenters. The summed E-state index contributed by atoms with van der Waals surface area (Å²) in [7, 11) is 1.62. The third-order valence-corrected chi connectivity index (χ3v) is 4.81. The number of hydrogen-bond donors (Lipinski definition) is 0. The van der Waals surface area contributed by atoms with Crippen LogP contribution in [0.5, 0.6) is 5.75 Å². The van der Waals surface area contributed by atoms with Crippen LogP contribution in [-0.2, 0) is 11.2 Å². The summed E-state index contributed by atoms with van der Waals surface area (Å²) in [6.45, 7) is 0. The predicted octanol–water partition coefficient (Wildman–Crippen LogP) is 3.75. The Morgan fingerprint density at radius 3 is 3.00 bits per heavy atom. The minimum atomic E-state index is 0.155. The van der Waals surface area contributed by atoms with Gasteiger partial charge in [0, 0.05) is 17.0 Å². The fourth-order valence-corrected chi connectivity index (χ4v) is 3.63. The van der Waals surface area contributed by atoms with Crippen LogP contribution in [0, 0.1) is 0 Å². The SMILES string of the molecule is COc1ccc(Cl)cc1CC(=O)C1CCCCS1. The second kappa shape index (κ2) is 6.48. The molecule has 1 saturated heterocycles. The van der Waals surface area contributed by atoms with Crippen LogP contribution in [0.15, 0.2) is 18.2 Å². The van der Waals surface area contributed by atoms with Gasteiger partial charge >= 0.3 is 0 Å². The van der Waals surface area contributed by atoms with Crippen LogP contribution in [0.25, 0.3) is 0 Å². The summed E-state index contributed by atoms with van der Waals surface area (Å²) < 4.78 is 5.27. The lowest BCUT2D eigenvalue weighted by atomic mass is 10.0. The van der Waals surface area contributed by atoms with E-state index in [2.05, 4.69) is 0 Å². The molecule has 0 aliphatic carbocycles. The zero-order chi connectivity index (χ0) is 13.0. The summed E-state index contributed by atoms with van der Waals surface area (Å²) in [5.41, 5.74) is 0.890. The van der Waals surface area contributed by atoms with Crippen LogP contribution in [0.4, 0.5) is 0 Å². The highest BCUT2D eigenvalue weighted by Gasteiger charge is 2.22. The first-order valence-electron chi connectivity index (χ1n) is 6.17. The monoisotopic (exact) mass is 284 g/mol. The lowest BCUT2D eigenvalue weighted by Gasteiger charge is -2.20. The van der Waals surface area contributed by atoms with Crippen molar-refractivity contribution >= 4 is 29.1 Å². The Labute approximate surface area is 117 Å². The van der Waals surface area contributed by atoms with Gasteiger partial charge in [-0.2, -0.15) is 11.8 Å². The average Bonchev–Trinajstić information content (AvgIpc) is 2.40. The number of benzene rings is 1. The van der Waals surface area contributed by atoms with E-state index < -0.39 is 0 Å². The van der Waals surface area contributed by atoms with Crippen molar-refractivity contribution in [1.82, 2.24) is 0 Å². The molecule has 4 heteroatoms. The molecular formula is C14H17ClO2S. The summed E-state index contributed by atoms with van der Waals surface area (Å²) in [6.07, 6.45) is 3.82. The van der Waals surface area contributed by atoms with Gasteiger partial charge in [-0.05, 0) is 36.8 Å². The van der Waals surface area contributed by atoms with Crippen LogP contribution in [0.2, 0.25) is 5.02 Å². The molecule has 2 nitrogen and oxygen atoms in total. The molecule has 1 aliphatic rings. The molecule has 1 fully saturated rings. The summed E-state index contributed by atoms with van der Waals surface area (Å²) in [5, 5.41) is 0.803. The molecular weight excluding hydrogens is 268 g/mol. The fourth-order valence-electron chi connectivity index (χ4n) is 2.18. The third-order valence-electron chi connectivity index (χ3n) is 3.15. The zero-order valence-corrected chi connectivity index (χ0v) is 12.0. The molecule has 1 aromatic carbocycles. The molecule has 0 N–H and O–H groups in total. The summed E-state index contributed by atoms with van der Waals surface area (Å²) in [6, 6.07) is 5.43. The minimum absolute atomic E-state index is 0.155. The normalized spacial score (nSPS) is 19.6. The van der Waals surface area contributed by atoms with Gasteiger partial charge in [0.05, 0.1) is 12.4 Å². The second-order valence-corrected chi connectivity index (χ2v) is 6.20. The van der Waals surface area contributed by atoms with Crippen molar-refractivity contribution in [2.75, 3.05) is 12.9 Å². The topological polar surface area (TPSA) is 26.3 Å². The standard InChI is InChI=1S/C14H17ClO2S/c1-17-13-6-5-11(15)8-10(13)9-12(16)14-4-2-3-7-18-14/h5-6,8,14H,2-4,7,9H2,1H3. The van der Waals surface area contributed by atoms with Crippen LogP contribution < -0.4 is 4.74 Å². The largest absolute Gasteiger partial charge is 0.496 e. The van der Waals surface area contributed by atoms with E-state index in [1.165, 1.54) is 6.42 Å². The predicted molar refractivity (Wildman–Crippen MR) is 76.8 cm³/mol. The zero-order valence-electron chi connectivity index (χ0n) is 10.4. The number of halogens is 1. The van der Waals surface area contributed by atoms with Gasteiger partial charge in [0.25, 0.3) is 0 Å². The third kappa shape index (κ3) is 3.42. The minimum Gasteiger partial charge on any atom is -0.496 e. The number of carbonyl (C=O) groups is 1. The van der Waals surface area contributed by atoms with Crippen molar-refractivity contribution in [3.63, 3.8) is 0 Å². The van der Waals surface area contributed by atoms with Crippen LogP contribution in [-0.4, -0.2) is 23.9 Å². The highest BCUT2D eigenvalue weighted by Crippen LogP contribution is 2.29. The maximum Gasteiger partial charge on any atom is 0.150 e. The highest BCUT2D eigenvalue weighted by molar-refractivity contribution is 8.00. The molecule has 0 radical (unpaired) electrons. The van der Waals surface area contributed by atoms with E-state index in [-0.39, 0.29) is 5.25 Å². The van der Waals surface area contributed by atoms with Crippen molar-refractivity contribution in [3.05, 3.63) is 28.8 Å². The van der Waals surface area contributed by atoms with E-state index in [4.69, 9.17) is 16.3 Å². The van der Waals surface area contributed by atoms with Gasteiger partial charge in [0.1, 0.15) is 11.5 Å². The van der Waals surface area contributed by atoms with Gasteiger partial charge in [-0.1, -0.05) is 18.0 Å².